The van der Waals surface area contributed by atoms with E-state index in [9.17, 15) is 4.79 Å². The van der Waals surface area contributed by atoms with Gasteiger partial charge in [-0.3, -0.25) is 4.79 Å². The fraction of sp³-hybridized carbons (Fsp3) is 0.696. The SMILES string of the molecule is COCCCOc1cc([C@@H](C)N(C(=O)[C@H]2CNCCO2)C2CC2)ccc1C(C)C. The molecule has 162 valence electrons. The second-order valence-corrected chi connectivity index (χ2v) is 8.36. The molecule has 1 aromatic rings. The van der Waals surface area contributed by atoms with Crippen LogP contribution in [-0.4, -0.2) is 63.0 Å². The Morgan fingerprint density at radius 1 is 1.28 bits per heavy atom. The lowest BCUT2D eigenvalue weighted by molar-refractivity contribution is -0.148. The van der Waals surface area contributed by atoms with Crippen LogP contribution >= 0.6 is 0 Å². The number of hydrogen-bond donors (Lipinski definition) is 1. The third kappa shape index (κ3) is 5.71. The van der Waals surface area contributed by atoms with E-state index >= 15 is 0 Å². The van der Waals surface area contributed by atoms with E-state index in [0.29, 0.717) is 38.3 Å². The Bertz CT molecular complexity index is 669. The number of nitrogens with zero attached hydrogens (tertiary/aromatic N) is 1. The molecule has 1 aromatic carbocycles. The Morgan fingerprint density at radius 3 is 2.69 bits per heavy atom. The third-order valence-corrected chi connectivity index (χ3v) is 5.71. The average molecular weight is 405 g/mol. The van der Waals surface area contributed by atoms with Crippen molar-refractivity contribution in [3.8, 4) is 5.75 Å². The number of carbonyl (C=O) groups is 1. The number of ether oxygens (including phenoxy) is 3. The number of benzene rings is 1. The summed E-state index contributed by atoms with van der Waals surface area (Å²) in [6.45, 7) is 9.77. The molecule has 1 saturated carbocycles. The van der Waals surface area contributed by atoms with Crippen molar-refractivity contribution in [1.82, 2.24) is 10.2 Å². The molecule has 1 aliphatic carbocycles. The molecule has 1 heterocycles. The second-order valence-electron chi connectivity index (χ2n) is 8.36. The molecule has 0 aromatic heterocycles. The standard InChI is InChI=1S/C23H36N2O4/c1-16(2)20-9-6-18(14-21(20)28-12-5-11-27-4)17(3)25(19-7-8-19)23(26)22-15-24-10-13-29-22/h6,9,14,16-17,19,22,24H,5,7-8,10-13,15H2,1-4H3/t17-,22-/m1/s1. The molecule has 1 aliphatic heterocycles. The molecule has 0 spiro atoms. The van der Waals surface area contributed by atoms with E-state index in [1.54, 1.807) is 7.11 Å². The van der Waals surface area contributed by atoms with Gasteiger partial charge in [-0.15, -0.1) is 0 Å². The highest BCUT2D eigenvalue weighted by Crippen LogP contribution is 2.37. The quantitative estimate of drug-likeness (QED) is 0.607. The van der Waals surface area contributed by atoms with Gasteiger partial charge >= 0.3 is 0 Å². The van der Waals surface area contributed by atoms with Crippen LogP contribution in [0.4, 0.5) is 0 Å². The van der Waals surface area contributed by atoms with Crippen LogP contribution in [-0.2, 0) is 14.3 Å². The van der Waals surface area contributed by atoms with Gasteiger partial charge < -0.3 is 24.4 Å². The number of rotatable bonds is 10. The van der Waals surface area contributed by atoms with Gasteiger partial charge in [-0.2, -0.15) is 0 Å². The van der Waals surface area contributed by atoms with Crippen LogP contribution in [0.25, 0.3) is 0 Å². The van der Waals surface area contributed by atoms with Gasteiger partial charge in [-0.1, -0.05) is 26.0 Å². The minimum Gasteiger partial charge on any atom is -0.493 e. The van der Waals surface area contributed by atoms with E-state index in [1.165, 1.54) is 5.56 Å². The molecular weight excluding hydrogens is 368 g/mol. The normalized spacial score (nSPS) is 20.5. The summed E-state index contributed by atoms with van der Waals surface area (Å²) >= 11 is 0. The van der Waals surface area contributed by atoms with Gasteiger partial charge in [0, 0.05) is 39.3 Å². The molecule has 1 N–H and O–H groups in total. The van der Waals surface area contributed by atoms with Crippen molar-refractivity contribution in [2.45, 2.75) is 64.1 Å². The van der Waals surface area contributed by atoms with Crippen molar-refractivity contribution in [2.24, 2.45) is 0 Å². The topological polar surface area (TPSA) is 60.0 Å². The summed E-state index contributed by atoms with van der Waals surface area (Å²) < 4.78 is 17.0. The van der Waals surface area contributed by atoms with E-state index in [-0.39, 0.29) is 18.1 Å². The average Bonchev–Trinajstić information content (AvgIpc) is 3.56. The number of amides is 1. The minimum absolute atomic E-state index is 0.0111. The maximum atomic E-state index is 13.2. The van der Waals surface area contributed by atoms with Crippen LogP contribution in [0.3, 0.4) is 0 Å². The van der Waals surface area contributed by atoms with Crippen LogP contribution in [0.1, 0.15) is 63.1 Å². The maximum Gasteiger partial charge on any atom is 0.253 e. The van der Waals surface area contributed by atoms with Crippen molar-refractivity contribution in [2.75, 3.05) is 40.0 Å². The zero-order valence-electron chi connectivity index (χ0n) is 18.3. The van der Waals surface area contributed by atoms with Gasteiger partial charge in [-0.25, -0.2) is 0 Å². The highest BCUT2D eigenvalue weighted by atomic mass is 16.5. The molecule has 1 saturated heterocycles. The molecule has 29 heavy (non-hydrogen) atoms. The summed E-state index contributed by atoms with van der Waals surface area (Å²) in [7, 11) is 1.71. The van der Waals surface area contributed by atoms with Crippen molar-refractivity contribution < 1.29 is 19.0 Å². The fourth-order valence-corrected chi connectivity index (χ4v) is 3.89. The van der Waals surface area contributed by atoms with Crippen molar-refractivity contribution >= 4 is 5.91 Å². The zero-order chi connectivity index (χ0) is 20.8. The fourth-order valence-electron chi connectivity index (χ4n) is 3.89. The van der Waals surface area contributed by atoms with Crippen LogP contribution in [0.15, 0.2) is 18.2 Å². The van der Waals surface area contributed by atoms with Crippen LogP contribution in [0.2, 0.25) is 0 Å². The summed E-state index contributed by atoms with van der Waals surface area (Å²) in [5.41, 5.74) is 2.31. The molecule has 0 radical (unpaired) electrons. The number of methoxy groups -OCH3 is 1. The van der Waals surface area contributed by atoms with E-state index in [0.717, 1.165) is 37.1 Å². The Labute approximate surface area is 174 Å². The Hall–Kier alpha value is -1.63. The Kier molecular flexibility index (Phi) is 7.92. The molecule has 0 unspecified atom stereocenters. The first-order valence-electron chi connectivity index (χ1n) is 10.9. The molecule has 2 fully saturated rings. The molecule has 3 rings (SSSR count). The van der Waals surface area contributed by atoms with Gasteiger partial charge in [0.1, 0.15) is 11.9 Å². The molecule has 1 amide bonds. The van der Waals surface area contributed by atoms with E-state index < -0.39 is 0 Å². The lowest BCUT2D eigenvalue weighted by Gasteiger charge is -2.34. The second kappa shape index (κ2) is 10.4. The number of carbonyl (C=O) groups excluding carboxylic acids is 1. The molecule has 2 aliphatic rings. The minimum atomic E-state index is -0.383. The van der Waals surface area contributed by atoms with Gasteiger partial charge in [0.05, 0.1) is 19.3 Å². The first-order chi connectivity index (χ1) is 14.0. The van der Waals surface area contributed by atoms with Crippen LogP contribution in [0.5, 0.6) is 5.75 Å². The van der Waals surface area contributed by atoms with Crippen molar-refractivity contribution in [3.63, 3.8) is 0 Å². The van der Waals surface area contributed by atoms with Gasteiger partial charge in [0.15, 0.2) is 0 Å². The lowest BCUT2D eigenvalue weighted by Crippen LogP contribution is -2.50. The van der Waals surface area contributed by atoms with Gasteiger partial charge in [0.25, 0.3) is 5.91 Å². The number of nitrogens with one attached hydrogen (secondary N) is 1. The lowest BCUT2D eigenvalue weighted by atomic mass is 9.97. The highest BCUT2D eigenvalue weighted by Gasteiger charge is 2.40. The first kappa shape index (κ1) is 22.1. The van der Waals surface area contributed by atoms with E-state index in [4.69, 9.17) is 14.2 Å². The smallest absolute Gasteiger partial charge is 0.253 e. The maximum absolute atomic E-state index is 13.2. The number of hydrogen-bond acceptors (Lipinski definition) is 5. The molecular formula is C23H36N2O4. The third-order valence-electron chi connectivity index (χ3n) is 5.71. The highest BCUT2D eigenvalue weighted by molar-refractivity contribution is 5.82. The van der Waals surface area contributed by atoms with Crippen molar-refractivity contribution in [3.05, 3.63) is 29.3 Å². The van der Waals surface area contributed by atoms with Gasteiger partial charge in [0.2, 0.25) is 0 Å². The zero-order valence-corrected chi connectivity index (χ0v) is 18.3. The number of morpholine rings is 1. The summed E-state index contributed by atoms with van der Waals surface area (Å²) in [5, 5.41) is 3.27. The van der Waals surface area contributed by atoms with Gasteiger partial charge in [-0.05, 0) is 42.9 Å². The summed E-state index contributed by atoms with van der Waals surface area (Å²) in [6, 6.07) is 6.72. The summed E-state index contributed by atoms with van der Waals surface area (Å²) in [4.78, 5) is 15.3. The predicted molar refractivity (Wildman–Crippen MR) is 113 cm³/mol. The van der Waals surface area contributed by atoms with Crippen LogP contribution in [0, 0.1) is 0 Å². The Morgan fingerprint density at radius 2 is 2.07 bits per heavy atom. The van der Waals surface area contributed by atoms with E-state index in [1.807, 2.05) is 4.90 Å². The summed E-state index contributed by atoms with van der Waals surface area (Å²) in [5.74, 6) is 1.39. The molecule has 2 atom stereocenters. The van der Waals surface area contributed by atoms with E-state index in [2.05, 4.69) is 44.3 Å². The molecule has 0 bridgehead atoms. The first-order valence-corrected chi connectivity index (χ1v) is 10.9. The van der Waals surface area contributed by atoms with Crippen LogP contribution < -0.4 is 10.1 Å². The molecule has 6 heteroatoms. The van der Waals surface area contributed by atoms with Crippen molar-refractivity contribution in [1.29, 1.82) is 0 Å². The molecule has 6 nitrogen and oxygen atoms in total. The monoisotopic (exact) mass is 404 g/mol. The summed E-state index contributed by atoms with van der Waals surface area (Å²) in [6.07, 6.45) is 2.61. The Balaban J connectivity index is 1.78. The predicted octanol–water partition coefficient (Wildman–Crippen LogP) is 3.27. The largest absolute Gasteiger partial charge is 0.493 e.